The average molecular weight is 453 g/mol. The van der Waals surface area contributed by atoms with E-state index in [9.17, 15) is 27.6 Å². The molecule has 1 saturated heterocycles. The Bertz CT molecular complexity index is 1070. The number of nitrogens with zero attached hydrogens (tertiary/aromatic N) is 1. The summed E-state index contributed by atoms with van der Waals surface area (Å²) in [6.45, 7) is 0.367. The van der Waals surface area contributed by atoms with E-state index in [0.717, 1.165) is 11.8 Å². The SMILES string of the molecule is CO[C@@H]1C(=O)N2C(C(=O)OCc3ccc(C(=O)O)cc3)=C(COC(C)=O)CS(=O)(=O)C12. The van der Waals surface area contributed by atoms with E-state index in [1.165, 1.54) is 31.4 Å². The highest BCUT2D eigenvalue weighted by Gasteiger charge is 2.60. The van der Waals surface area contributed by atoms with Crippen LogP contribution in [0.3, 0.4) is 0 Å². The van der Waals surface area contributed by atoms with E-state index in [2.05, 4.69) is 0 Å². The number of carbonyl (C=O) groups excluding carboxylic acids is 3. The van der Waals surface area contributed by atoms with Crippen LogP contribution in [0.2, 0.25) is 0 Å². The molecule has 3 rings (SSSR count). The first-order chi connectivity index (χ1) is 14.6. The highest BCUT2D eigenvalue weighted by atomic mass is 32.2. The van der Waals surface area contributed by atoms with Crippen molar-refractivity contribution in [1.29, 1.82) is 0 Å². The molecule has 2 heterocycles. The Morgan fingerprint density at radius 1 is 1.13 bits per heavy atom. The molecule has 1 amide bonds. The number of benzene rings is 1. The fourth-order valence-electron chi connectivity index (χ4n) is 3.31. The molecule has 166 valence electrons. The van der Waals surface area contributed by atoms with E-state index in [0.29, 0.717) is 5.56 Å². The summed E-state index contributed by atoms with van der Waals surface area (Å²) in [6, 6.07) is 5.58. The Morgan fingerprint density at radius 2 is 1.77 bits per heavy atom. The molecule has 2 aliphatic rings. The number of hydrogen-bond donors (Lipinski definition) is 1. The number of carboxylic acid groups (broad SMARTS) is 1. The van der Waals surface area contributed by atoms with Gasteiger partial charge in [-0.15, -0.1) is 0 Å². The van der Waals surface area contributed by atoms with E-state index < -0.39 is 57.5 Å². The molecule has 0 bridgehead atoms. The molecule has 0 aromatic heterocycles. The summed E-state index contributed by atoms with van der Waals surface area (Å²) < 4.78 is 40.2. The molecule has 1 fully saturated rings. The van der Waals surface area contributed by atoms with Gasteiger partial charge in [-0.05, 0) is 17.7 Å². The third-order valence-electron chi connectivity index (χ3n) is 4.78. The lowest BCUT2D eigenvalue weighted by Gasteiger charge is -2.48. The highest BCUT2D eigenvalue weighted by Crippen LogP contribution is 2.38. The van der Waals surface area contributed by atoms with Gasteiger partial charge >= 0.3 is 17.9 Å². The first-order valence-corrected chi connectivity index (χ1v) is 10.7. The Morgan fingerprint density at radius 3 is 2.32 bits per heavy atom. The summed E-state index contributed by atoms with van der Waals surface area (Å²) in [5.74, 6) is -4.11. The van der Waals surface area contributed by atoms with Crippen LogP contribution in [0.15, 0.2) is 35.5 Å². The third kappa shape index (κ3) is 4.30. The van der Waals surface area contributed by atoms with Gasteiger partial charge in [0.2, 0.25) is 0 Å². The molecule has 0 saturated carbocycles. The number of hydrogen-bond acceptors (Lipinski definition) is 9. The minimum Gasteiger partial charge on any atom is -0.478 e. The topological polar surface area (TPSA) is 154 Å². The minimum absolute atomic E-state index is 0.0542. The Kier molecular flexibility index (Phi) is 6.13. The maximum atomic E-state index is 12.8. The van der Waals surface area contributed by atoms with Crippen LogP contribution in [0.1, 0.15) is 22.8 Å². The number of rotatable bonds is 7. The maximum Gasteiger partial charge on any atom is 0.355 e. The van der Waals surface area contributed by atoms with Crippen molar-refractivity contribution in [3.63, 3.8) is 0 Å². The Balaban J connectivity index is 1.87. The second-order valence-electron chi connectivity index (χ2n) is 6.87. The molecule has 12 heteroatoms. The first kappa shape index (κ1) is 22.4. The fourth-order valence-corrected chi connectivity index (χ4v) is 5.32. The zero-order valence-corrected chi connectivity index (χ0v) is 17.4. The lowest BCUT2D eigenvalue weighted by atomic mass is 10.1. The number of methoxy groups -OCH3 is 1. The van der Waals surface area contributed by atoms with Crippen molar-refractivity contribution in [1.82, 2.24) is 4.90 Å². The number of amides is 1. The summed E-state index contributed by atoms with van der Waals surface area (Å²) in [4.78, 5) is 48.1. The summed E-state index contributed by atoms with van der Waals surface area (Å²) in [6.07, 6.45) is -1.24. The van der Waals surface area contributed by atoms with Gasteiger partial charge < -0.3 is 19.3 Å². The van der Waals surface area contributed by atoms with Crippen LogP contribution in [-0.4, -0.2) is 73.2 Å². The summed E-state index contributed by atoms with van der Waals surface area (Å²) in [5.41, 5.74) is 0.144. The van der Waals surface area contributed by atoms with Crippen LogP contribution < -0.4 is 0 Å². The molecular formula is C19H19NO10S. The zero-order valence-electron chi connectivity index (χ0n) is 16.6. The predicted octanol–water partition coefficient (Wildman–Crippen LogP) is -0.143. The van der Waals surface area contributed by atoms with Gasteiger partial charge in [-0.3, -0.25) is 14.5 Å². The molecule has 1 aromatic carbocycles. The van der Waals surface area contributed by atoms with Crippen molar-refractivity contribution in [2.24, 2.45) is 0 Å². The van der Waals surface area contributed by atoms with Crippen LogP contribution in [-0.2, 0) is 45.0 Å². The number of ether oxygens (including phenoxy) is 3. The molecule has 0 radical (unpaired) electrons. The summed E-state index contributed by atoms with van der Waals surface area (Å²) in [5, 5.41) is 7.56. The molecular weight excluding hydrogens is 434 g/mol. The summed E-state index contributed by atoms with van der Waals surface area (Å²) in [7, 11) is -2.71. The number of sulfone groups is 1. The molecule has 1 N–H and O–H groups in total. The van der Waals surface area contributed by atoms with Gasteiger partial charge in [0.25, 0.3) is 5.91 Å². The van der Waals surface area contributed by atoms with E-state index in [1.807, 2.05) is 0 Å². The standard InChI is InChI=1S/C19H19NO10S/c1-10(21)29-8-13-9-31(26,27)17-15(28-2)16(22)20(17)14(13)19(25)30-7-11-3-5-12(6-4-11)18(23)24/h3-6,15,17H,7-9H2,1-2H3,(H,23,24)/t15-,17?/m1/s1. The highest BCUT2D eigenvalue weighted by molar-refractivity contribution is 7.92. The van der Waals surface area contributed by atoms with Crippen molar-refractivity contribution < 1.29 is 46.9 Å². The number of carbonyl (C=O) groups is 4. The van der Waals surface area contributed by atoms with Crippen molar-refractivity contribution in [2.75, 3.05) is 19.5 Å². The first-order valence-electron chi connectivity index (χ1n) is 8.99. The van der Waals surface area contributed by atoms with Crippen molar-refractivity contribution in [3.05, 3.63) is 46.7 Å². The number of aromatic carboxylic acids is 1. The van der Waals surface area contributed by atoms with Crippen molar-refractivity contribution in [3.8, 4) is 0 Å². The van der Waals surface area contributed by atoms with Crippen LogP contribution in [0.4, 0.5) is 0 Å². The van der Waals surface area contributed by atoms with E-state index >= 15 is 0 Å². The van der Waals surface area contributed by atoms with Gasteiger partial charge in [0.1, 0.15) is 18.9 Å². The van der Waals surface area contributed by atoms with Crippen molar-refractivity contribution in [2.45, 2.75) is 25.0 Å². The van der Waals surface area contributed by atoms with Crippen LogP contribution in [0, 0.1) is 0 Å². The van der Waals surface area contributed by atoms with Gasteiger partial charge in [0.05, 0.1) is 11.3 Å². The lowest BCUT2D eigenvalue weighted by molar-refractivity contribution is -0.164. The fraction of sp³-hybridized carbons (Fsp3) is 0.368. The molecule has 0 aliphatic carbocycles. The minimum atomic E-state index is -3.89. The van der Waals surface area contributed by atoms with E-state index in [1.54, 1.807) is 0 Å². The second kappa shape index (κ2) is 8.47. The van der Waals surface area contributed by atoms with Crippen molar-refractivity contribution >= 4 is 33.7 Å². The molecule has 1 aromatic rings. The second-order valence-corrected chi connectivity index (χ2v) is 8.97. The number of β-lactam (4-membered cyclic amide) rings is 1. The van der Waals surface area contributed by atoms with E-state index in [-0.39, 0.29) is 23.4 Å². The van der Waals surface area contributed by atoms with Gasteiger partial charge in [0.15, 0.2) is 21.3 Å². The number of carboxylic acids is 1. The molecule has 2 atom stereocenters. The lowest BCUT2D eigenvalue weighted by Crippen LogP contribution is -2.70. The molecule has 0 spiro atoms. The Hall–Kier alpha value is -3.25. The molecule has 1 unspecified atom stereocenters. The van der Waals surface area contributed by atoms with Crippen LogP contribution in [0.25, 0.3) is 0 Å². The van der Waals surface area contributed by atoms with Crippen LogP contribution >= 0.6 is 0 Å². The normalized spacial score (nSPS) is 21.7. The zero-order chi connectivity index (χ0) is 22.9. The van der Waals surface area contributed by atoms with Gasteiger partial charge in [-0.1, -0.05) is 12.1 Å². The molecule has 2 aliphatic heterocycles. The smallest absolute Gasteiger partial charge is 0.355 e. The largest absolute Gasteiger partial charge is 0.478 e. The summed E-state index contributed by atoms with van der Waals surface area (Å²) >= 11 is 0. The predicted molar refractivity (Wildman–Crippen MR) is 102 cm³/mol. The van der Waals surface area contributed by atoms with Gasteiger partial charge in [0, 0.05) is 19.6 Å². The van der Waals surface area contributed by atoms with Crippen LogP contribution in [0.5, 0.6) is 0 Å². The number of esters is 2. The average Bonchev–Trinajstić information content (AvgIpc) is 2.70. The Labute approximate surface area is 177 Å². The number of fused-ring (bicyclic) bond motifs is 1. The molecule has 31 heavy (non-hydrogen) atoms. The van der Waals surface area contributed by atoms with Gasteiger partial charge in [-0.2, -0.15) is 0 Å². The quantitative estimate of drug-likeness (QED) is 0.436. The monoisotopic (exact) mass is 453 g/mol. The third-order valence-corrected chi connectivity index (χ3v) is 6.73. The maximum absolute atomic E-state index is 12.8. The molecule has 11 nitrogen and oxygen atoms in total. The van der Waals surface area contributed by atoms with Gasteiger partial charge in [-0.25, -0.2) is 18.0 Å². The van der Waals surface area contributed by atoms with E-state index in [4.69, 9.17) is 19.3 Å².